The molecule has 0 radical (unpaired) electrons. The molecule has 96 valence electrons. The van der Waals surface area contributed by atoms with Crippen LogP contribution >= 0.6 is 0 Å². The molecule has 1 aliphatic carbocycles. The van der Waals surface area contributed by atoms with Crippen molar-refractivity contribution >= 4 is 12.1 Å². The van der Waals surface area contributed by atoms with E-state index in [0.717, 1.165) is 23.5 Å². The van der Waals surface area contributed by atoms with E-state index in [4.69, 9.17) is 0 Å². The largest absolute Gasteiger partial charge is 0.241 e. The third-order valence-corrected chi connectivity index (χ3v) is 2.86. The lowest BCUT2D eigenvalue weighted by Crippen LogP contribution is -1.92. The average molecular weight is 250 g/mol. The lowest BCUT2D eigenvalue weighted by atomic mass is 10.1. The second kappa shape index (κ2) is 6.64. The van der Waals surface area contributed by atoms with Crippen LogP contribution in [0.4, 0.5) is 0 Å². The molecule has 0 aliphatic heterocycles. The Morgan fingerprint density at radius 3 is 2.63 bits per heavy atom. The maximum absolute atomic E-state index is 4.56. The number of benzene rings is 1. The number of amidine groups is 1. The quantitative estimate of drug-likeness (QED) is 0.564. The maximum Gasteiger partial charge on any atom is 0.125 e. The molecule has 1 aromatic carbocycles. The molecule has 0 bridgehead atoms. The van der Waals surface area contributed by atoms with Crippen molar-refractivity contribution in [2.45, 2.75) is 20.3 Å². The van der Waals surface area contributed by atoms with Gasteiger partial charge in [0.1, 0.15) is 5.84 Å². The Kier molecular flexibility index (Phi) is 4.62. The average Bonchev–Trinajstić information content (AvgIpc) is 2.97. The van der Waals surface area contributed by atoms with E-state index >= 15 is 0 Å². The summed E-state index contributed by atoms with van der Waals surface area (Å²) in [7, 11) is 0. The van der Waals surface area contributed by atoms with Crippen LogP contribution < -0.4 is 0 Å². The zero-order valence-corrected chi connectivity index (χ0v) is 11.4. The molecule has 2 heteroatoms. The van der Waals surface area contributed by atoms with Gasteiger partial charge in [-0.2, -0.15) is 0 Å². The summed E-state index contributed by atoms with van der Waals surface area (Å²) in [6.07, 6.45) is 11.1. The van der Waals surface area contributed by atoms with Gasteiger partial charge in [0.05, 0.1) is 5.70 Å². The van der Waals surface area contributed by atoms with Crippen LogP contribution in [-0.4, -0.2) is 12.1 Å². The minimum atomic E-state index is 0.768. The van der Waals surface area contributed by atoms with E-state index in [0.29, 0.717) is 0 Å². The summed E-state index contributed by atoms with van der Waals surface area (Å²) in [5, 5.41) is 0. The van der Waals surface area contributed by atoms with Crippen LogP contribution in [0.2, 0.25) is 0 Å². The minimum absolute atomic E-state index is 0.768. The molecule has 0 aromatic heterocycles. The lowest BCUT2D eigenvalue weighted by molar-refractivity contribution is 1.19. The number of hydrogen-bond acceptors (Lipinski definition) is 1. The number of hydrogen-bond donors (Lipinski definition) is 0. The van der Waals surface area contributed by atoms with Gasteiger partial charge in [-0.25, -0.2) is 9.98 Å². The third-order valence-electron chi connectivity index (χ3n) is 2.86. The van der Waals surface area contributed by atoms with Crippen molar-refractivity contribution in [2.75, 3.05) is 0 Å². The Bertz CT molecular complexity index is 573. The predicted octanol–water partition coefficient (Wildman–Crippen LogP) is 4.31. The summed E-state index contributed by atoms with van der Waals surface area (Å²) in [6, 6.07) is 10.0. The van der Waals surface area contributed by atoms with Gasteiger partial charge >= 0.3 is 0 Å². The fourth-order valence-electron chi connectivity index (χ4n) is 1.87. The number of rotatable bonds is 3. The summed E-state index contributed by atoms with van der Waals surface area (Å²) in [6.45, 7) is 3.93. The van der Waals surface area contributed by atoms with Crippen LogP contribution in [0.3, 0.4) is 0 Å². The van der Waals surface area contributed by atoms with E-state index in [1.165, 1.54) is 5.57 Å². The van der Waals surface area contributed by atoms with Crippen LogP contribution in [0, 0.1) is 0 Å². The second-order valence-corrected chi connectivity index (χ2v) is 4.33. The van der Waals surface area contributed by atoms with Crippen LogP contribution in [0.25, 0.3) is 0 Å². The summed E-state index contributed by atoms with van der Waals surface area (Å²) in [5.74, 6) is 0.768. The molecule has 2 rings (SSSR count). The van der Waals surface area contributed by atoms with Crippen molar-refractivity contribution in [3.8, 4) is 0 Å². The van der Waals surface area contributed by atoms with E-state index in [9.17, 15) is 0 Å². The molecule has 0 N–H and O–H groups in total. The maximum atomic E-state index is 4.56. The summed E-state index contributed by atoms with van der Waals surface area (Å²) >= 11 is 0. The summed E-state index contributed by atoms with van der Waals surface area (Å²) < 4.78 is 0. The molecule has 0 spiro atoms. The Labute approximate surface area is 114 Å². The van der Waals surface area contributed by atoms with Gasteiger partial charge in [0.15, 0.2) is 0 Å². The monoisotopic (exact) mass is 250 g/mol. The molecule has 2 nitrogen and oxygen atoms in total. The first-order valence-electron chi connectivity index (χ1n) is 6.46. The smallest absolute Gasteiger partial charge is 0.125 e. The first kappa shape index (κ1) is 13.2. The van der Waals surface area contributed by atoms with E-state index in [-0.39, 0.29) is 0 Å². The third kappa shape index (κ3) is 3.88. The van der Waals surface area contributed by atoms with Gasteiger partial charge in [-0.05, 0) is 31.4 Å². The van der Waals surface area contributed by atoms with Crippen LogP contribution in [0.5, 0.6) is 0 Å². The van der Waals surface area contributed by atoms with Gasteiger partial charge in [-0.3, -0.25) is 0 Å². The molecule has 0 saturated heterocycles. The molecule has 19 heavy (non-hydrogen) atoms. The highest BCUT2D eigenvalue weighted by Crippen LogP contribution is 2.20. The molecule has 0 unspecified atom stereocenters. The van der Waals surface area contributed by atoms with Gasteiger partial charge in [-0.1, -0.05) is 54.6 Å². The molecule has 0 fully saturated rings. The van der Waals surface area contributed by atoms with E-state index in [1.54, 1.807) is 0 Å². The second-order valence-electron chi connectivity index (χ2n) is 4.33. The first-order chi connectivity index (χ1) is 9.29. The molecule has 0 saturated carbocycles. The van der Waals surface area contributed by atoms with Crippen molar-refractivity contribution in [3.05, 3.63) is 71.5 Å². The SMILES string of the molecule is C/C=C(\N=C(C)N=Cc1ccccc1)C1=CC=CC1. The fourth-order valence-corrected chi connectivity index (χ4v) is 1.87. The van der Waals surface area contributed by atoms with Gasteiger partial charge in [-0.15, -0.1) is 0 Å². The Balaban J connectivity index is 2.08. The summed E-state index contributed by atoms with van der Waals surface area (Å²) in [5.41, 5.74) is 3.34. The van der Waals surface area contributed by atoms with Crippen LogP contribution in [0.15, 0.2) is 75.9 Å². The van der Waals surface area contributed by atoms with Gasteiger partial charge in [0.2, 0.25) is 0 Å². The Morgan fingerprint density at radius 2 is 2.00 bits per heavy atom. The van der Waals surface area contributed by atoms with Gasteiger partial charge < -0.3 is 0 Å². The van der Waals surface area contributed by atoms with E-state index in [1.807, 2.05) is 56.5 Å². The molecular weight excluding hydrogens is 232 g/mol. The number of aliphatic imine (C=N–C) groups is 2. The standard InChI is InChI=1S/C17H18N2/c1-3-17(16-11-7-8-12-16)19-14(2)18-13-15-9-5-4-6-10-15/h3-11,13H,12H2,1-2H3/b17-3-,18-13?,19-14?. The normalized spacial score (nSPS) is 16.2. The van der Waals surface area contributed by atoms with E-state index < -0.39 is 0 Å². The zero-order valence-electron chi connectivity index (χ0n) is 11.4. The number of allylic oxidation sites excluding steroid dienone is 5. The van der Waals surface area contributed by atoms with Crippen molar-refractivity contribution in [1.82, 2.24) is 0 Å². The van der Waals surface area contributed by atoms with Crippen LogP contribution in [-0.2, 0) is 0 Å². The van der Waals surface area contributed by atoms with Crippen molar-refractivity contribution in [1.29, 1.82) is 0 Å². The van der Waals surface area contributed by atoms with Crippen molar-refractivity contribution < 1.29 is 0 Å². The number of nitrogens with zero attached hydrogens (tertiary/aromatic N) is 2. The first-order valence-corrected chi connectivity index (χ1v) is 6.46. The van der Waals surface area contributed by atoms with Gasteiger partial charge in [0.25, 0.3) is 0 Å². The van der Waals surface area contributed by atoms with Crippen molar-refractivity contribution in [3.63, 3.8) is 0 Å². The molecular formula is C17H18N2. The highest BCUT2D eigenvalue weighted by Gasteiger charge is 2.04. The molecule has 0 amide bonds. The highest BCUT2D eigenvalue weighted by molar-refractivity contribution is 5.94. The molecule has 0 atom stereocenters. The Morgan fingerprint density at radius 1 is 1.21 bits per heavy atom. The molecule has 1 aromatic rings. The minimum Gasteiger partial charge on any atom is -0.241 e. The van der Waals surface area contributed by atoms with Gasteiger partial charge in [0, 0.05) is 6.21 Å². The van der Waals surface area contributed by atoms with Crippen LogP contribution in [0.1, 0.15) is 25.8 Å². The molecule has 0 heterocycles. The topological polar surface area (TPSA) is 24.7 Å². The van der Waals surface area contributed by atoms with E-state index in [2.05, 4.69) is 28.2 Å². The zero-order chi connectivity index (χ0) is 13.5. The highest BCUT2D eigenvalue weighted by atomic mass is 14.9. The predicted molar refractivity (Wildman–Crippen MR) is 82.7 cm³/mol. The summed E-state index contributed by atoms with van der Waals surface area (Å²) in [4.78, 5) is 8.95. The Hall–Kier alpha value is -2.22. The molecule has 1 aliphatic rings. The van der Waals surface area contributed by atoms with Crippen molar-refractivity contribution in [2.24, 2.45) is 9.98 Å². The fraction of sp³-hybridized carbons (Fsp3) is 0.176. The lowest BCUT2D eigenvalue weighted by Gasteiger charge is -2.02.